The van der Waals surface area contributed by atoms with Crippen molar-refractivity contribution in [1.82, 2.24) is 24.3 Å². The van der Waals surface area contributed by atoms with Gasteiger partial charge in [-0.25, -0.2) is 14.6 Å². The fourth-order valence-electron chi connectivity index (χ4n) is 3.15. The number of alkyl halides is 3. The molecule has 158 valence electrons. The third-order valence-electron chi connectivity index (χ3n) is 4.57. The van der Waals surface area contributed by atoms with Gasteiger partial charge in [-0.3, -0.25) is 4.79 Å². The maximum atomic E-state index is 12.8. The lowest BCUT2D eigenvalue weighted by atomic mass is 10.1. The first kappa shape index (κ1) is 19.7. The Labute approximate surface area is 168 Å². The summed E-state index contributed by atoms with van der Waals surface area (Å²) in [5.74, 6) is 0.607. The number of rotatable bonds is 5. The maximum absolute atomic E-state index is 12.8. The first-order valence-corrected chi connectivity index (χ1v) is 9.06. The maximum Gasteiger partial charge on any atom is 0.408 e. The van der Waals surface area contributed by atoms with E-state index in [0.717, 1.165) is 11.0 Å². The molecular formula is C18H18F3N7O2. The van der Waals surface area contributed by atoms with E-state index >= 15 is 0 Å². The SMILES string of the molecule is CC(Nc1ccc2c(c1)OCCn1cc(-c3ncnn3CC(F)(F)F)nc1-2)C(N)=O. The van der Waals surface area contributed by atoms with Crippen LogP contribution in [0.3, 0.4) is 0 Å². The van der Waals surface area contributed by atoms with Gasteiger partial charge in [-0.1, -0.05) is 0 Å². The first-order chi connectivity index (χ1) is 14.2. The van der Waals surface area contributed by atoms with Crippen molar-refractivity contribution >= 4 is 11.6 Å². The molecule has 1 atom stereocenters. The largest absolute Gasteiger partial charge is 0.491 e. The molecule has 9 nitrogen and oxygen atoms in total. The van der Waals surface area contributed by atoms with Gasteiger partial charge in [0.25, 0.3) is 0 Å². The van der Waals surface area contributed by atoms with Crippen molar-refractivity contribution in [3.63, 3.8) is 0 Å². The fourth-order valence-corrected chi connectivity index (χ4v) is 3.15. The molecule has 0 saturated heterocycles. The second-order valence-electron chi connectivity index (χ2n) is 6.83. The number of carbonyl (C=O) groups is 1. The summed E-state index contributed by atoms with van der Waals surface area (Å²) in [5.41, 5.74) is 6.87. The Morgan fingerprint density at radius 2 is 2.17 bits per heavy atom. The van der Waals surface area contributed by atoms with Crippen molar-refractivity contribution in [2.75, 3.05) is 11.9 Å². The molecule has 12 heteroatoms. The molecule has 3 aromatic rings. The van der Waals surface area contributed by atoms with Crippen LogP contribution in [0.4, 0.5) is 18.9 Å². The Balaban J connectivity index is 1.69. The van der Waals surface area contributed by atoms with Crippen LogP contribution in [0, 0.1) is 0 Å². The predicted molar refractivity (Wildman–Crippen MR) is 101 cm³/mol. The lowest BCUT2D eigenvalue weighted by Crippen LogP contribution is -2.32. The van der Waals surface area contributed by atoms with Gasteiger partial charge >= 0.3 is 6.18 Å². The van der Waals surface area contributed by atoms with Crippen molar-refractivity contribution in [3.8, 4) is 28.7 Å². The number of hydrogen-bond acceptors (Lipinski definition) is 6. The van der Waals surface area contributed by atoms with Gasteiger partial charge in [-0.2, -0.15) is 18.3 Å². The number of nitrogens with two attached hydrogens (primary N) is 1. The lowest BCUT2D eigenvalue weighted by molar-refractivity contribution is -0.142. The summed E-state index contributed by atoms with van der Waals surface area (Å²) in [6.07, 6.45) is -1.72. The van der Waals surface area contributed by atoms with Crippen LogP contribution in [0.25, 0.3) is 22.9 Å². The van der Waals surface area contributed by atoms with Crippen LogP contribution in [-0.4, -0.2) is 49.0 Å². The van der Waals surface area contributed by atoms with Crippen LogP contribution in [0.5, 0.6) is 5.75 Å². The summed E-state index contributed by atoms with van der Waals surface area (Å²) in [7, 11) is 0. The van der Waals surface area contributed by atoms with E-state index in [1.165, 1.54) is 0 Å². The summed E-state index contributed by atoms with van der Waals surface area (Å²) < 4.78 is 46.8. The number of primary amides is 1. The molecule has 0 bridgehead atoms. The van der Waals surface area contributed by atoms with E-state index in [-0.39, 0.29) is 11.5 Å². The second-order valence-corrected chi connectivity index (χ2v) is 6.83. The molecule has 0 spiro atoms. The van der Waals surface area contributed by atoms with Gasteiger partial charge in [0.05, 0.1) is 12.1 Å². The Morgan fingerprint density at radius 3 is 2.90 bits per heavy atom. The first-order valence-electron chi connectivity index (χ1n) is 9.06. The van der Waals surface area contributed by atoms with E-state index in [2.05, 4.69) is 20.4 Å². The average Bonchev–Trinajstić information content (AvgIpc) is 3.23. The number of imidazole rings is 1. The van der Waals surface area contributed by atoms with Gasteiger partial charge in [0.1, 0.15) is 42.8 Å². The standard InChI is InChI=1S/C18H18F3N7O2/c1-10(15(22)29)25-11-2-3-12-14(6-11)30-5-4-27-7-13(26-16(12)27)17-23-9-24-28(17)8-18(19,20)21/h2-3,6-7,9-10,25H,4-5,8H2,1H3,(H2,22,29). The van der Waals surface area contributed by atoms with Crippen LogP contribution in [0.15, 0.2) is 30.7 Å². The van der Waals surface area contributed by atoms with Crippen LogP contribution in [0.1, 0.15) is 6.92 Å². The van der Waals surface area contributed by atoms with Crippen molar-refractivity contribution < 1.29 is 22.7 Å². The Bertz CT molecular complexity index is 1090. The number of nitrogens with one attached hydrogen (secondary N) is 1. The highest BCUT2D eigenvalue weighted by molar-refractivity contribution is 5.83. The number of ether oxygens (including phenoxy) is 1. The zero-order valence-corrected chi connectivity index (χ0v) is 15.8. The fraction of sp³-hybridized carbons (Fsp3) is 0.333. The number of anilines is 1. The highest BCUT2D eigenvalue weighted by atomic mass is 19.4. The third-order valence-corrected chi connectivity index (χ3v) is 4.57. The van der Waals surface area contributed by atoms with Gasteiger partial charge in [0.2, 0.25) is 5.91 Å². The molecule has 3 N–H and O–H groups in total. The van der Waals surface area contributed by atoms with E-state index in [9.17, 15) is 18.0 Å². The monoisotopic (exact) mass is 421 g/mol. The Morgan fingerprint density at radius 1 is 1.37 bits per heavy atom. The highest BCUT2D eigenvalue weighted by Gasteiger charge is 2.31. The van der Waals surface area contributed by atoms with Crippen molar-refractivity contribution in [2.24, 2.45) is 5.73 Å². The molecule has 3 heterocycles. The van der Waals surface area contributed by atoms with Gasteiger partial charge in [-0.05, 0) is 19.1 Å². The molecular weight excluding hydrogens is 403 g/mol. The number of amides is 1. The number of fused-ring (bicyclic) bond motifs is 3. The predicted octanol–water partition coefficient (Wildman–Crippen LogP) is 2.05. The normalized spacial score (nSPS) is 14.3. The molecule has 0 fully saturated rings. The summed E-state index contributed by atoms with van der Waals surface area (Å²) >= 11 is 0. The summed E-state index contributed by atoms with van der Waals surface area (Å²) in [4.78, 5) is 19.7. The van der Waals surface area contributed by atoms with E-state index in [1.54, 1.807) is 35.9 Å². The molecule has 1 aliphatic rings. The van der Waals surface area contributed by atoms with Crippen molar-refractivity contribution in [3.05, 3.63) is 30.7 Å². The molecule has 1 aromatic carbocycles. The minimum Gasteiger partial charge on any atom is -0.491 e. The van der Waals surface area contributed by atoms with E-state index < -0.39 is 24.7 Å². The molecule has 1 aliphatic heterocycles. The molecule has 2 aromatic heterocycles. The lowest BCUT2D eigenvalue weighted by Gasteiger charge is -2.14. The Hall–Kier alpha value is -3.57. The van der Waals surface area contributed by atoms with Crippen LogP contribution in [0.2, 0.25) is 0 Å². The van der Waals surface area contributed by atoms with E-state index in [0.29, 0.717) is 36.0 Å². The number of hydrogen-bond donors (Lipinski definition) is 2. The van der Waals surface area contributed by atoms with Gasteiger partial charge in [0.15, 0.2) is 5.82 Å². The zero-order chi connectivity index (χ0) is 21.5. The van der Waals surface area contributed by atoms with E-state index in [4.69, 9.17) is 10.5 Å². The smallest absolute Gasteiger partial charge is 0.408 e. The van der Waals surface area contributed by atoms with Crippen LogP contribution >= 0.6 is 0 Å². The molecule has 0 saturated carbocycles. The molecule has 1 unspecified atom stereocenters. The van der Waals surface area contributed by atoms with Gasteiger partial charge in [-0.15, -0.1) is 0 Å². The van der Waals surface area contributed by atoms with E-state index in [1.807, 2.05) is 0 Å². The quantitative estimate of drug-likeness (QED) is 0.652. The third kappa shape index (κ3) is 3.93. The molecule has 0 radical (unpaired) electrons. The topological polar surface area (TPSA) is 113 Å². The number of benzene rings is 1. The van der Waals surface area contributed by atoms with Crippen LogP contribution in [-0.2, 0) is 17.9 Å². The zero-order valence-electron chi connectivity index (χ0n) is 15.8. The number of halogens is 3. The molecule has 4 rings (SSSR count). The van der Waals surface area contributed by atoms with Gasteiger partial charge in [0, 0.05) is 18.0 Å². The summed E-state index contributed by atoms with van der Waals surface area (Å²) in [6, 6.07) is 4.67. The van der Waals surface area contributed by atoms with Crippen LogP contribution < -0.4 is 15.8 Å². The van der Waals surface area contributed by atoms with Crippen molar-refractivity contribution in [2.45, 2.75) is 32.2 Å². The number of carbonyl (C=O) groups excluding carboxylic acids is 1. The second kappa shape index (κ2) is 7.35. The Kier molecular flexibility index (Phi) is 4.84. The minimum atomic E-state index is -4.43. The van der Waals surface area contributed by atoms with Gasteiger partial charge < -0.3 is 20.4 Å². The number of aromatic nitrogens is 5. The summed E-state index contributed by atoms with van der Waals surface area (Å²) in [5, 5.41) is 6.65. The molecule has 1 amide bonds. The molecule has 0 aliphatic carbocycles. The number of nitrogens with zero attached hydrogens (tertiary/aromatic N) is 5. The highest BCUT2D eigenvalue weighted by Crippen LogP contribution is 2.35. The minimum absolute atomic E-state index is 0.0314. The average molecular weight is 421 g/mol. The van der Waals surface area contributed by atoms with Crippen molar-refractivity contribution in [1.29, 1.82) is 0 Å². The molecule has 30 heavy (non-hydrogen) atoms. The summed E-state index contributed by atoms with van der Waals surface area (Å²) in [6.45, 7) is 1.17.